The Balaban J connectivity index is 1.90. The summed E-state index contributed by atoms with van der Waals surface area (Å²) in [5, 5.41) is 0. The van der Waals surface area contributed by atoms with Crippen molar-refractivity contribution in [3.63, 3.8) is 0 Å². The van der Waals surface area contributed by atoms with Crippen molar-refractivity contribution in [1.82, 2.24) is 4.90 Å². The summed E-state index contributed by atoms with van der Waals surface area (Å²) in [6.45, 7) is 1.87. The minimum atomic E-state index is -0.426. The van der Waals surface area contributed by atoms with Gasteiger partial charge in [0.2, 0.25) is 0 Å². The average Bonchev–Trinajstić information content (AvgIpc) is 2.64. The van der Waals surface area contributed by atoms with Gasteiger partial charge in [0.15, 0.2) is 0 Å². The van der Waals surface area contributed by atoms with Crippen LogP contribution in [-0.4, -0.2) is 28.9 Å². The third-order valence-corrected chi connectivity index (χ3v) is 4.36. The molecule has 2 heterocycles. The number of nitrogens with two attached hydrogens (primary N) is 1. The molecule has 0 aliphatic carbocycles. The van der Waals surface area contributed by atoms with Crippen molar-refractivity contribution in [2.45, 2.75) is 50.7 Å². The van der Waals surface area contributed by atoms with E-state index in [4.69, 9.17) is 5.73 Å². The van der Waals surface area contributed by atoms with Gasteiger partial charge in [0.05, 0.1) is 5.56 Å². The molecule has 19 heavy (non-hydrogen) atoms. The van der Waals surface area contributed by atoms with Crippen LogP contribution in [0.5, 0.6) is 0 Å². The minimum absolute atomic E-state index is 0.166. The van der Waals surface area contributed by atoms with Crippen LogP contribution in [0, 0.1) is 12.7 Å². The van der Waals surface area contributed by atoms with Crippen LogP contribution in [0.25, 0.3) is 0 Å². The van der Waals surface area contributed by atoms with Gasteiger partial charge in [-0.05, 0) is 44.7 Å². The molecular formula is C15H19FN2O. The number of fused-ring (bicyclic) bond motifs is 2. The Bertz CT molecular complexity index is 503. The van der Waals surface area contributed by atoms with Crippen LogP contribution in [0.3, 0.4) is 0 Å². The largest absolute Gasteiger partial charge is 0.332 e. The van der Waals surface area contributed by atoms with Crippen LogP contribution < -0.4 is 5.73 Å². The number of carbonyl (C=O) groups excluding carboxylic acids is 1. The Morgan fingerprint density at radius 1 is 1.32 bits per heavy atom. The zero-order chi connectivity index (χ0) is 13.6. The lowest BCUT2D eigenvalue weighted by molar-refractivity contribution is 0.0570. The van der Waals surface area contributed by atoms with Gasteiger partial charge in [-0.25, -0.2) is 4.39 Å². The van der Waals surface area contributed by atoms with Gasteiger partial charge in [-0.2, -0.15) is 0 Å². The third-order valence-electron chi connectivity index (χ3n) is 4.36. The van der Waals surface area contributed by atoms with Crippen molar-refractivity contribution in [1.29, 1.82) is 0 Å². The molecule has 2 aliphatic heterocycles. The monoisotopic (exact) mass is 262 g/mol. The molecule has 2 bridgehead atoms. The Labute approximate surface area is 112 Å². The van der Waals surface area contributed by atoms with Crippen LogP contribution >= 0.6 is 0 Å². The van der Waals surface area contributed by atoms with E-state index in [0.29, 0.717) is 0 Å². The number of carbonyl (C=O) groups is 1. The molecule has 2 fully saturated rings. The first-order chi connectivity index (χ1) is 9.06. The molecule has 4 heteroatoms. The molecule has 0 saturated carbocycles. The van der Waals surface area contributed by atoms with Crippen molar-refractivity contribution in [3.8, 4) is 0 Å². The van der Waals surface area contributed by atoms with Crippen molar-refractivity contribution in [3.05, 3.63) is 35.1 Å². The highest BCUT2D eigenvalue weighted by Gasteiger charge is 2.42. The average molecular weight is 262 g/mol. The molecule has 102 valence electrons. The highest BCUT2D eigenvalue weighted by Crippen LogP contribution is 2.36. The third kappa shape index (κ3) is 2.14. The van der Waals surface area contributed by atoms with E-state index in [0.717, 1.165) is 31.2 Å². The van der Waals surface area contributed by atoms with E-state index in [9.17, 15) is 9.18 Å². The molecule has 1 aromatic rings. The van der Waals surface area contributed by atoms with Gasteiger partial charge in [0.1, 0.15) is 5.82 Å². The van der Waals surface area contributed by atoms with Crippen LogP contribution in [0.15, 0.2) is 18.2 Å². The molecule has 0 radical (unpaired) electrons. The Morgan fingerprint density at radius 2 is 1.95 bits per heavy atom. The molecule has 0 spiro atoms. The second-order valence-corrected chi connectivity index (χ2v) is 5.81. The lowest BCUT2D eigenvalue weighted by Gasteiger charge is -2.37. The number of amides is 1. The van der Waals surface area contributed by atoms with Gasteiger partial charge >= 0.3 is 0 Å². The second-order valence-electron chi connectivity index (χ2n) is 5.81. The standard InChI is InChI=1S/C15H19FN2O/c1-9-2-5-14(16)13(6-9)15(19)18-11-3-4-12(18)8-10(17)7-11/h2,5-6,10-12H,3-4,7-8,17H2,1H3. The Hall–Kier alpha value is -1.42. The van der Waals surface area contributed by atoms with E-state index in [1.54, 1.807) is 12.1 Å². The zero-order valence-electron chi connectivity index (χ0n) is 11.1. The number of rotatable bonds is 1. The van der Waals surface area contributed by atoms with Crippen LogP contribution in [0.4, 0.5) is 4.39 Å². The summed E-state index contributed by atoms with van der Waals surface area (Å²) in [7, 11) is 0. The van der Waals surface area contributed by atoms with Crippen molar-refractivity contribution >= 4 is 5.91 Å². The van der Waals surface area contributed by atoms with E-state index in [2.05, 4.69) is 0 Å². The molecule has 2 saturated heterocycles. The van der Waals surface area contributed by atoms with E-state index in [-0.39, 0.29) is 29.6 Å². The highest BCUT2D eigenvalue weighted by molar-refractivity contribution is 5.95. The number of benzene rings is 1. The fourth-order valence-corrected chi connectivity index (χ4v) is 3.49. The number of aryl methyl sites for hydroxylation is 1. The first-order valence-electron chi connectivity index (χ1n) is 6.90. The highest BCUT2D eigenvalue weighted by atomic mass is 19.1. The summed E-state index contributed by atoms with van der Waals surface area (Å²) in [4.78, 5) is 14.5. The lowest BCUT2D eigenvalue weighted by atomic mass is 9.97. The van der Waals surface area contributed by atoms with Gasteiger partial charge < -0.3 is 10.6 Å². The van der Waals surface area contributed by atoms with E-state index >= 15 is 0 Å². The van der Waals surface area contributed by atoms with Crippen molar-refractivity contribution in [2.24, 2.45) is 5.73 Å². The van der Waals surface area contributed by atoms with Crippen LogP contribution in [-0.2, 0) is 0 Å². The second kappa shape index (κ2) is 4.60. The molecule has 2 aliphatic rings. The molecule has 3 nitrogen and oxygen atoms in total. The van der Waals surface area contributed by atoms with E-state index in [1.807, 2.05) is 11.8 Å². The molecule has 1 amide bonds. The summed E-state index contributed by atoms with van der Waals surface area (Å²) < 4.78 is 13.9. The molecule has 3 rings (SSSR count). The predicted molar refractivity (Wildman–Crippen MR) is 71.3 cm³/mol. The first-order valence-corrected chi connectivity index (χ1v) is 6.90. The SMILES string of the molecule is Cc1ccc(F)c(C(=O)N2C3CCC2CC(N)C3)c1. The number of piperidine rings is 1. The molecular weight excluding hydrogens is 243 g/mol. The van der Waals surface area contributed by atoms with E-state index < -0.39 is 5.82 Å². The summed E-state index contributed by atoms with van der Waals surface area (Å²) in [5.74, 6) is -0.592. The van der Waals surface area contributed by atoms with Gasteiger partial charge in [-0.3, -0.25) is 4.79 Å². The molecule has 2 N–H and O–H groups in total. The zero-order valence-corrected chi connectivity index (χ0v) is 11.1. The first kappa shape index (κ1) is 12.6. The Kier molecular flexibility index (Phi) is 3.05. The number of hydrogen-bond acceptors (Lipinski definition) is 2. The number of nitrogens with zero attached hydrogens (tertiary/aromatic N) is 1. The smallest absolute Gasteiger partial charge is 0.257 e. The molecule has 2 atom stereocenters. The number of hydrogen-bond donors (Lipinski definition) is 1. The van der Waals surface area contributed by atoms with Crippen molar-refractivity contribution < 1.29 is 9.18 Å². The van der Waals surface area contributed by atoms with Gasteiger partial charge in [0, 0.05) is 18.1 Å². The maximum atomic E-state index is 13.9. The molecule has 1 aromatic carbocycles. The minimum Gasteiger partial charge on any atom is -0.332 e. The summed E-state index contributed by atoms with van der Waals surface area (Å²) >= 11 is 0. The van der Waals surface area contributed by atoms with Crippen LogP contribution in [0.1, 0.15) is 41.6 Å². The summed E-state index contributed by atoms with van der Waals surface area (Å²) in [6, 6.07) is 5.28. The lowest BCUT2D eigenvalue weighted by Crippen LogP contribution is -2.50. The van der Waals surface area contributed by atoms with Crippen molar-refractivity contribution in [2.75, 3.05) is 0 Å². The molecule has 2 unspecified atom stereocenters. The summed E-state index contributed by atoms with van der Waals surface area (Å²) in [5.41, 5.74) is 7.11. The predicted octanol–water partition coefficient (Wildman–Crippen LogP) is 2.23. The number of halogens is 1. The van der Waals surface area contributed by atoms with Gasteiger partial charge in [0.25, 0.3) is 5.91 Å². The quantitative estimate of drug-likeness (QED) is 0.843. The topological polar surface area (TPSA) is 46.3 Å². The molecule has 0 aromatic heterocycles. The fourth-order valence-electron chi connectivity index (χ4n) is 3.49. The van der Waals surface area contributed by atoms with Crippen LogP contribution in [0.2, 0.25) is 0 Å². The van der Waals surface area contributed by atoms with Gasteiger partial charge in [-0.1, -0.05) is 11.6 Å². The maximum Gasteiger partial charge on any atom is 0.257 e. The summed E-state index contributed by atoms with van der Waals surface area (Å²) in [6.07, 6.45) is 3.68. The maximum absolute atomic E-state index is 13.9. The van der Waals surface area contributed by atoms with Gasteiger partial charge in [-0.15, -0.1) is 0 Å². The normalized spacial score (nSPS) is 29.6. The fraction of sp³-hybridized carbons (Fsp3) is 0.533. The van der Waals surface area contributed by atoms with E-state index in [1.165, 1.54) is 6.07 Å². The Morgan fingerprint density at radius 3 is 2.58 bits per heavy atom.